The van der Waals surface area contributed by atoms with Gasteiger partial charge in [-0.3, -0.25) is 14.6 Å². The van der Waals surface area contributed by atoms with Crippen LogP contribution >= 0.6 is 0 Å². The topological polar surface area (TPSA) is 26.8 Å². The minimum absolute atomic E-state index is 0.0291. The van der Waals surface area contributed by atoms with Gasteiger partial charge < -0.3 is 4.90 Å². The van der Waals surface area contributed by atoms with Crippen LogP contribution in [0.4, 0.5) is 8.78 Å². The van der Waals surface area contributed by atoms with E-state index in [2.05, 4.69) is 16.7 Å². The molecule has 2 aliphatic heterocycles. The number of piperidine rings is 1. The van der Waals surface area contributed by atoms with Crippen LogP contribution in [0.3, 0.4) is 0 Å². The van der Waals surface area contributed by atoms with Crippen molar-refractivity contribution in [1.82, 2.24) is 14.7 Å². The van der Waals surface area contributed by atoms with Crippen LogP contribution in [0.5, 0.6) is 0 Å². The van der Waals surface area contributed by atoms with Gasteiger partial charge in [-0.15, -0.1) is 0 Å². The van der Waals surface area contributed by atoms with E-state index in [0.717, 1.165) is 43.0 Å². The lowest BCUT2D eigenvalue weighted by atomic mass is 9.82. The average Bonchev–Trinajstić information content (AvgIpc) is 3.68. The Morgan fingerprint density at radius 3 is 1.91 bits per heavy atom. The Kier molecular flexibility index (Phi) is 6.72. The van der Waals surface area contributed by atoms with E-state index >= 15 is 0 Å². The molecule has 0 N–H and O–H groups in total. The summed E-state index contributed by atoms with van der Waals surface area (Å²) in [5.74, 6) is 0.523. The van der Waals surface area contributed by atoms with E-state index in [1.54, 1.807) is 0 Å². The Bertz CT molecular complexity index is 936. The lowest BCUT2D eigenvalue weighted by Gasteiger charge is -2.47. The summed E-state index contributed by atoms with van der Waals surface area (Å²) in [7, 11) is 0. The minimum Gasteiger partial charge on any atom is -0.339 e. The normalized spacial score (nSPS) is 22.7. The smallest absolute Gasteiger partial charge is 0.240 e. The first kappa shape index (κ1) is 23.4. The number of piperazine rings is 1. The van der Waals surface area contributed by atoms with Gasteiger partial charge in [-0.05, 0) is 80.5 Å². The van der Waals surface area contributed by atoms with Crippen molar-refractivity contribution < 1.29 is 13.6 Å². The lowest BCUT2D eigenvalue weighted by Crippen LogP contribution is -2.59. The number of hydrogen-bond acceptors (Lipinski definition) is 3. The van der Waals surface area contributed by atoms with E-state index < -0.39 is 5.54 Å². The standard InChI is InChI=1S/C28H35F2N3O/c1-28(22-7-11-24(29)12-8-22,23-9-13-25(30)14-10-23)33-18-16-31(17-19-33)27(34)26-4-2-3-15-32(26)20-21-5-6-21/h7-14,21,26H,2-6,15-20H2,1H3/t26-/m0/s1. The molecule has 0 unspecified atom stereocenters. The second-order valence-corrected chi connectivity index (χ2v) is 10.3. The van der Waals surface area contributed by atoms with E-state index in [9.17, 15) is 13.6 Å². The van der Waals surface area contributed by atoms with Gasteiger partial charge in [0.25, 0.3) is 0 Å². The van der Waals surface area contributed by atoms with Crippen LogP contribution in [0, 0.1) is 17.6 Å². The van der Waals surface area contributed by atoms with Crippen LogP contribution < -0.4 is 0 Å². The zero-order valence-electron chi connectivity index (χ0n) is 20.1. The fraction of sp³-hybridized carbons (Fsp3) is 0.536. The minimum atomic E-state index is -0.542. The molecule has 34 heavy (non-hydrogen) atoms. The fourth-order valence-electron chi connectivity index (χ4n) is 5.79. The molecular formula is C28H35F2N3O. The van der Waals surface area contributed by atoms with Gasteiger partial charge in [0.15, 0.2) is 0 Å². The molecule has 0 bridgehead atoms. The van der Waals surface area contributed by atoms with E-state index in [-0.39, 0.29) is 23.6 Å². The van der Waals surface area contributed by atoms with Gasteiger partial charge in [0.05, 0.1) is 11.6 Å². The molecule has 182 valence electrons. The number of benzene rings is 2. The van der Waals surface area contributed by atoms with Crippen LogP contribution in [0.1, 0.15) is 50.2 Å². The molecule has 3 aliphatic rings. The van der Waals surface area contributed by atoms with Crippen molar-refractivity contribution in [3.63, 3.8) is 0 Å². The molecule has 2 saturated heterocycles. The fourth-order valence-corrected chi connectivity index (χ4v) is 5.79. The van der Waals surface area contributed by atoms with Gasteiger partial charge in [-0.1, -0.05) is 30.7 Å². The Balaban J connectivity index is 1.33. The molecule has 4 nitrogen and oxygen atoms in total. The molecule has 3 fully saturated rings. The number of amides is 1. The highest BCUT2D eigenvalue weighted by Gasteiger charge is 2.40. The van der Waals surface area contributed by atoms with Crippen LogP contribution in [0.25, 0.3) is 0 Å². The molecule has 1 aliphatic carbocycles. The molecule has 2 heterocycles. The zero-order chi connectivity index (χ0) is 23.7. The first-order valence-electron chi connectivity index (χ1n) is 12.7. The molecule has 2 aromatic rings. The van der Waals surface area contributed by atoms with Crippen molar-refractivity contribution in [2.75, 3.05) is 39.3 Å². The van der Waals surface area contributed by atoms with Crippen molar-refractivity contribution in [3.8, 4) is 0 Å². The maximum atomic E-state index is 13.7. The summed E-state index contributed by atoms with van der Waals surface area (Å²) in [5.41, 5.74) is 1.38. The third-order valence-electron chi connectivity index (χ3n) is 8.12. The molecule has 0 radical (unpaired) electrons. The van der Waals surface area contributed by atoms with Gasteiger partial charge in [-0.2, -0.15) is 0 Å². The molecule has 1 saturated carbocycles. The summed E-state index contributed by atoms with van der Waals surface area (Å²) in [4.78, 5) is 20.4. The van der Waals surface area contributed by atoms with Crippen molar-refractivity contribution in [3.05, 3.63) is 71.3 Å². The Labute approximate surface area is 201 Å². The van der Waals surface area contributed by atoms with Crippen LogP contribution in [-0.4, -0.2) is 65.9 Å². The molecular weight excluding hydrogens is 432 g/mol. The summed E-state index contributed by atoms with van der Waals surface area (Å²) in [6, 6.07) is 13.2. The lowest BCUT2D eigenvalue weighted by molar-refractivity contribution is -0.141. The quantitative estimate of drug-likeness (QED) is 0.620. The monoisotopic (exact) mass is 467 g/mol. The van der Waals surface area contributed by atoms with E-state index in [1.807, 2.05) is 29.2 Å². The third-order valence-corrected chi connectivity index (χ3v) is 8.12. The number of nitrogens with zero attached hydrogens (tertiary/aromatic N) is 3. The summed E-state index contributed by atoms with van der Waals surface area (Å²) in [6.07, 6.45) is 5.90. The first-order chi connectivity index (χ1) is 16.4. The number of likely N-dealkylation sites (tertiary alicyclic amines) is 1. The summed E-state index contributed by atoms with van der Waals surface area (Å²) in [5, 5.41) is 0. The van der Waals surface area contributed by atoms with Crippen LogP contribution in [0.15, 0.2) is 48.5 Å². The van der Waals surface area contributed by atoms with Gasteiger partial charge in [0.1, 0.15) is 11.6 Å². The first-order valence-corrected chi connectivity index (χ1v) is 12.7. The molecule has 5 rings (SSSR count). The van der Waals surface area contributed by atoms with Crippen LogP contribution in [-0.2, 0) is 10.3 Å². The molecule has 0 spiro atoms. The van der Waals surface area contributed by atoms with Gasteiger partial charge >= 0.3 is 0 Å². The molecule has 1 amide bonds. The molecule has 0 aromatic heterocycles. The number of carbonyl (C=O) groups excluding carboxylic acids is 1. The molecule has 6 heteroatoms. The number of rotatable bonds is 6. The summed E-state index contributed by atoms with van der Waals surface area (Å²) in [6.45, 7) is 7.00. The maximum absolute atomic E-state index is 13.7. The summed E-state index contributed by atoms with van der Waals surface area (Å²) >= 11 is 0. The van der Waals surface area contributed by atoms with E-state index in [1.165, 1.54) is 43.5 Å². The predicted octanol–water partition coefficient (Wildman–Crippen LogP) is 4.64. The number of hydrogen-bond donors (Lipinski definition) is 0. The Morgan fingerprint density at radius 2 is 1.38 bits per heavy atom. The average molecular weight is 468 g/mol. The van der Waals surface area contributed by atoms with Crippen molar-refractivity contribution in [2.45, 2.75) is 50.6 Å². The second-order valence-electron chi connectivity index (χ2n) is 10.3. The second kappa shape index (κ2) is 9.74. The summed E-state index contributed by atoms with van der Waals surface area (Å²) < 4.78 is 27.4. The van der Waals surface area contributed by atoms with Crippen molar-refractivity contribution in [1.29, 1.82) is 0 Å². The highest BCUT2D eigenvalue weighted by molar-refractivity contribution is 5.82. The van der Waals surface area contributed by atoms with Gasteiger partial charge in [0.2, 0.25) is 5.91 Å². The largest absolute Gasteiger partial charge is 0.339 e. The predicted molar refractivity (Wildman–Crippen MR) is 129 cm³/mol. The van der Waals surface area contributed by atoms with Crippen LogP contribution in [0.2, 0.25) is 0 Å². The van der Waals surface area contributed by atoms with Crippen molar-refractivity contribution in [2.24, 2.45) is 5.92 Å². The van der Waals surface area contributed by atoms with Crippen molar-refractivity contribution >= 4 is 5.91 Å². The third kappa shape index (κ3) is 4.76. The number of carbonyl (C=O) groups is 1. The molecule has 2 aromatic carbocycles. The highest BCUT2D eigenvalue weighted by Crippen LogP contribution is 2.37. The van der Waals surface area contributed by atoms with E-state index in [0.29, 0.717) is 26.2 Å². The zero-order valence-corrected chi connectivity index (χ0v) is 20.1. The Hall–Kier alpha value is -2.31. The maximum Gasteiger partial charge on any atom is 0.240 e. The molecule has 1 atom stereocenters. The van der Waals surface area contributed by atoms with E-state index in [4.69, 9.17) is 0 Å². The SMILES string of the molecule is CC(c1ccc(F)cc1)(c1ccc(F)cc1)N1CCN(C(=O)[C@@H]2CCCCN2CC2CC2)CC1. The highest BCUT2D eigenvalue weighted by atomic mass is 19.1. The number of halogens is 2. The van der Waals surface area contributed by atoms with Gasteiger partial charge in [-0.25, -0.2) is 8.78 Å². The van der Waals surface area contributed by atoms with Gasteiger partial charge in [0, 0.05) is 32.7 Å². The Morgan fingerprint density at radius 1 is 0.824 bits per heavy atom.